The van der Waals surface area contributed by atoms with Crippen LogP contribution in [0.15, 0.2) is 41.6 Å². The molecule has 1 aliphatic heterocycles. The second-order valence-electron chi connectivity index (χ2n) is 6.77. The number of hydrogen-bond acceptors (Lipinski definition) is 3. The van der Waals surface area contributed by atoms with Crippen LogP contribution in [0.2, 0.25) is 0 Å². The Labute approximate surface area is 142 Å². The average Bonchev–Trinajstić information content (AvgIpc) is 2.57. The Morgan fingerprint density at radius 2 is 1.79 bits per heavy atom. The van der Waals surface area contributed by atoms with Crippen molar-refractivity contribution >= 4 is 12.0 Å². The predicted molar refractivity (Wildman–Crippen MR) is 91.1 cm³/mol. The van der Waals surface area contributed by atoms with Gasteiger partial charge in [-0.15, -0.1) is 0 Å². The second-order valence-corrected chi connectivity index (χ2v) is 6.77. The summed E-state index contributed by atoms with van der Waals surface area (Å²) in [5.41, 5.74) is 1.91. The van der Waals surface area contributed by atoms with E-state index in [2.05, 4.69) is 17.6 Å². The van der Waals surface area contributed by atoms with Crippen molar-refractivity contribution < 1.29 is 14.3 Å². The minimum Gasteiger partial charge on any atom is -0.459 e. The molecule has 5 nitrogen and oxygen atoms in total. The molecule has 5 heteroatoms. The average molecular weight is 328 g/mol. The van der Waals surface area contributed by atoms with Crippen LogP contribution in [0.25, 0.3) is 0 Å². The molecule has 2 aliphatic rings. The minimum absolute atomic E-state index is 0.0250. The quantitative estimate of drug-likeness (QED) is 0.835. The van der Waals surface area contributed by atoms with Crippen molar-refractivity contribution in [3.8, 4) is 0 Å². The lowest BCUT2D eigenvalue weighted by Crippen LogP contribution is -2.45. The zero-order valence-electron chi connectivity index (χ0n) is 14.2. The number of amides is 2. The van der Waals surface area contributed by atoms with Crippen molar-refractivity contribution in [2.45, 2.75) is 51.7 Å². The molecule has 0 aromatic heterocycles. The lowest BCUT2D eigenvalue weighted by atomic mass is 9.89. The van der Waals surface area contributed by atoms with E-state index in [1.54, 1.807) is 6.92 Å². The fraction of sp³-hybridized carbons (Fsp3) is 0.474. The maximum Gasteiger partial charge on any atom is 0.338 e. The van der Waals surface area contributed by atoms with Gasteiger partial charge in [-0.05, 0) is 44.1 Å². The smallest absolute Gasteiger partial charge is 0.338 e. The Morgan fingerprint density at radius 3 is 2.46 bits per heavy atom. The van der Waals surface area contributed by atoms with Gasteiger partial charge in [-0.3, -0.25) is 0 Å². The summed E-state index contributed by atoms with van der Waals surface area (Å²) in [7, 11) is 0. The number of ether oxygens (including phenoxy) is 1. The summed E-state index contributed by atoms with van der Waals surface area (Å²) in [6.45, 7) is 3.98. The lowest BCUT2D eigenvalue weighted by molar-refractivity contribution is -0.146. The molecule has 0 spiro atoms. The number of rotatable bonds is 3. The zero-order chi connectivity index (χ0) is 17.1. The van der Waals surface area contributed by atoms with Crippen molar-refractivity contribution in [1.29, 1.82) is 0 Å². The number of carbonyl (C=O) groups excluding carboxylic acids is 2. The summed E-state index contributed by atoms with van der Waals surface area (Å²) >= 11 is 0. The second kappa shape index (κ2) is 7.07. The summed E-state index contributed by atoms with van der Waals surface area (Å²) in [6.07, 6.45) is 3.98. The highest BCUT2D eigenvalue weighted by molar-refractivity contribution is 5.95. The standard InChI is InChI=1S/C19H24N2O3/c1-12-8-10-15(11-9-12)24-18(22)16-13(2)20-19(23)21-17(16)14-6-4-3-5-7-14/h3-7,12,15,17H,8-11H2,1-2H3,(H2,20,21,23)/t12?,15?,17-/m0/s1. The molecule has 1 aliphatic carbocycles. The molecule has 1 aromatic rings. The molecule has 2 N–H and O–H groups in total. The summed E-state index contributed by atoms with van der Waals surface area (Å²) < 4.78 is 5.75. The lowest BCUT2D eigenvalue weighted by Gasteiger charge is -2.31. The van der Waals surface area contributed by atoms with E-state index in [1.807, 2.05) is 30.3 Å². The first kappa shape index (κ1) is 16.6. The Balaban J connectivity index is 1.80. The number of allylic oxidation sites excluding steroid dienone is 1. The van der Waals surface area contributed by atoms with E-state index in [9.17, 15) is 9.59 Å². The molecular weight excluding hydrogens is 304 g/mol. The third-order valence-corrected chi connectivity index (χ3v) is 4.86. The predicted octanol–water partition coefficient (Wildman–Crippen LogP) is 3.44. The highest BCUT2D eigenvalue weighted by atomic mass is 16.5. The normalized spacial score (nSPS) is 27.2. The zero-order valence-corrected chi connectivity index (χ0v) is 14.2. The van der Waals surface area contributed by atoms with E-state index in [0.717, 1.165) is 31.2 Å². The highest BCUT2D eigenvalue weighted by Crippen LogP contribution is 2.30. The molecule has 1 aromatic carbocycles. The van der Waals surface area contributed by atoms with E-state index in [-0.39, 0.29) is 18.1 Å². The molecule has 0 saturated heterocycles. The van der Waals surface area contributed by atoms with Crippen LogP contribution >= 0.6 is 0 Å². The van der Waals surface area contributed by atoms with E-state index >= 15 is 0 Å². The Kier molecular flexibility index (Phi) is 4.88. The van der Waals surface area contributed by atoms with E-state index in [1.165, 1.54) is 0 Å². The third-order valence-electron chi connectivity index (χ3n) is 4.86. The van der Waals surface area contributed by atoms with Gasteiger partial charge in [-0.25, -0.2) is 9.59 Å². The molecule has 24 heavy (non-hydrogen) atoms. The van der Waals surface area contributed by atoms with Gasteiger partial charge in [0.2, 0.25) is 0 Å². The van der Waals surface area contributed by atoms with Crippen LogP contribution in [0.3, 0.4) is 0 Å². The van der Waals surface area contributed by atoms with E-state index in [0.29, 0.717) is 17.2 Å². The molecular formula is C19H24N2O3. The van der Waals surface area contributed by atoms with Gasteiger partial charge >= 0.3 is 12.0 Å². The van der Waals surface area contributed by atoms with Crippen molar-refractivity contribution in [3.63, 3.8) is 0 Å². The Bertz CT molecular complexity index is 646. The van der Waals surface area contributed by atoms with Gasteiger partial charge in [-0.1, -0.05) is 37.3 Å². The van der Waals surface area contributed by atoms with Gasteiger partial charge in [0.1, 0.15) is 6.10 Å². The maximum absolute atomic E-state index is 12.8. The molecule has 0 radical (unpaired) electrons. The van der Waals surface area contributed by atoms with Gasteiger partial charge in [0.15, 0.2) is 0 Å². The van der Waals surface area contributed by atoms with Crippen LogP contribution in [0.1, 0.15) is 51.1 Å². The van der Waals surface area contributed by atoms with Gasteiger partial charge in [-0.2, -0.15) is 0 Å². The number of urea groups is 1. The van der Waals surface area contributed by atoms with Gasteiger partial charge in [0.05, 0.1) is 11.6 Å². The Hall–Kier alpha value is -2.30. The van der Waals surface area contributed by atoms with Crippen molar-refractivity contribution in [2.75, 3.05) is 0 Å². The van der Waals surface area contributed by atoms with Gasteiger partial charge in [0, 0.05) is 5.70 Å². The molecule has 0 bridgehead atoms. The van der Waals surface area contributed by atoms with Crippen LogP contribution < -0.4 is 10.6 Å². The monoisotopic (exact) mass is 328 g/mol. The van der Waals surface area contributed by atoms with Crippen molar-refractivity contribution in [3.05, 3.63) is 47.2 Å². The molecule has 1 heterocycles. The molecule has 0 unspecified atom stereocenters. The Morgan fingerprint density at radius 1 is 1.12 bits per heavy atom. The number of hydrogen-bond donors (Lipinski definition) is 2. The molecule has 1 saturated carbocycles. The van der Waals surface area contributed by atoms with E-state index in [4.69, 9.17) is 4.74 Å². The molecule has 1 fully saturated rings. The number of benzene rings is 1. The van der Waals surface area contributed by atoms with Crippen molar-refractivity contribution in [1.82, 2.24) is 10.6 Å². The first-order valence-corrected chi connectivity index (χ1v) is 8.59. The fourth-order valence-corrected chi connectivity index (χ4v) is 3.42. The molecule has 3 rings (SSSR count). The topological polar surface area (TPSA) is 67.4 Å². The largest absolute Gasteiger partial charge is 0.459 e. The van der Waals surface area contributed by atoms with E-state index < -0.39 is 6.04 Å². The first-order chi connectivity index (χ1) is 11.5. The minimum atomic E-state index is -0.477. The van der Waals surface area contributed by atoms with Crippen molar-refractivity contribution in [2.24, 2.45) is 5.92 Å². The molecule has 128 valence electrons. The number of nitrogens with one attached hydrogen (secondary N) is 2. The SMILES string of the molecule is CC1=C(C(=O)OC2CCC(C)CC2)[C@H](c2ccccc2)NC(=O)N1. The van der Waals surface area contributed by atoms with Crippen LogP contribution in [-0.4, -0.2) is 18.1 Å². The number of carbonyl (C=O) groups is 2. The molecule has 2 amide bonds. The fourth-order valence-electron chi connectivity index (χ4n) is 3.42. The summed E-state index contributed by atoms with van der Waals surface area (Å²) in [5, 5.41) is 5.51. The van der Waals surface area contributed by atoms with Gasteiger partial charge < -0.3 is 15.4 Å². The third kappa shape index (κ3) is 3.61. The number of esters is 1. The maximum atomic E-state index is 12.8. The highest BCUT2D eigenvalue weighted by Gasteiger charge is 2.33. The van der Waals surface area contributed by atoms with Crippen LogP contribution in [0, 0.1) is 5.92 Å². The summed E-state index contributed by atoms with van der Waals surface area (Å²) in [5.74, 6) is 0.363. The van der Waals surface area contributed by atoms with Gasteiger partial charge in [0.25, 0.3) is 0 Å². The first-order valence-electron chi connectivity index (χ1n) is 8.59. The van der Waals surface area contributed by atoms with Crippen LogP contribution in [0.4, 0.5) is 4.79 Å². The molecule has 1 atom stereocenters. The summed E-state index contributed by atoms with van der Waals surface area (Å²) in [6, 6.07) is 8.72. The van der Waals surface area contributed by atoms with Crippen LogP contribution in [0.5, 0.6) is 0 Å². The van der Waals surface area contributed by atoms with Crippen LogP contribution in [-0.2, 0) is 9.53 Å². The summed E-state index contributed by atoms with van der Waals surface area (Å²) in [4.78, 5) is 24.6.